The van der Waals surface area contributed by atoms with Crippen molar-refractivity contribution < 1.29 is 4.74 Å². The molecule has 0 saturated heterocycles. The molecule has 0 bridgehead atoms. The summed E-state index contributed by atoms with van der Waals surface area (Å²) in [5.74, 6) is 1.37. The Morgan fingerprint density at radius 2 is 2.10 bits per heavy atom. The molecule has 0 fully saturated rings. The summed E-state index contributed by atoms with van der Waals surface area (Å²) in [5, 5.41) is 12.9. The van der Waals surface area contributed by atoms with E-state index in [1.54, 1.807) is 5.57 Å². The minimum absolute atomic E-state index is 0.149. The van der Waals surface area contributed by atoms with Crippen molar-refractivity contribution in [1.29, 1.82) is 0 Å². The van der Waals surface area contributed by atoms with E-state index in [4.69, 9.17) is 4.74 Å². The third-order valence-electron chi connectivity index (χ3n) is 5.92. The van der Waals surface area contributed by atoms with Gasteiger partial charge in [0.15, 0.2) is 11.9 Å². The summed E-state index contributed by atoms with van der Waals surface area (Å²) in [5.41, 5.74) is 5.69. The van der Waals surface area contributed by atoms with Gasteiger partial charge in [0.1, 0.15) is 0 Å². The predicted molar refractivity (Wildman–Crippen MR) is 124 cm³/mol. The van der Waals surface area contributed by atoms with Gasteiger partial charge in [-0.3, -0.25) is 0 Å². The van der Waals surface area contributed by atoms with E-state index < -0.39 is 0 Å². The zero-order chi connectivity index (χ0) is 21.1. The maximum absolute atomic E-state index is 6.46. The smallest absolute Gasteiger partial charge is 0.247 e. The van der Waals surface area contributed by atoms with Gasteiger partial charge in [-0.05, 0) is 57.8 Å². The Labute approximate surface area is 183 Å². The number of allylic oxidation sites excluding steroid dienone is 4. The minimum Gasteiger partial charge on any atom is -0.452 e. The van der Waals surface area contributed by atoms with Gasteiger partial charge in [0.2, 0.25) is 11.0 Å². The summed E-state index contributed by atoms with van der Waals surface area (Å²) in [4.78, 5) is 4.64. The maximum Gasteiger partial charge on any atom is 0.247 e. The van der Waals surface area contributed by atoms with E-state index in [1.807, 2.05) is 24.5 Å². The lowest BCUT2D eigenvalue weighted by atomic mass is 9.79. The first-order valence-electron chi connectivity index (χ1n) is 10.7. The third kappa shape index (κ3) is 4.53. The maximum atomic E-state index is 6.46. The number of anilines is 1. The van der Waals surface area contributed by atoms with Crippen LogP contribution in [0.2, 0.25) is 0 Å². The average molecular weight is 423 g/mol. The number of fused-ring (bicyclic) bond motifs is 3. The van der Waals surface area contributed by atoms with Crippen LogP contribution in [0.5, 0.6) is 5.88 Å². The van der Waals surface area contributed by atoms with Gasteiger partial charge in [-0.25, -0.2) is 0 Å². The molecule has 30 heavy (non-hydrogen) atoms. The standard InChI is InChI=1S/C24H30N4OS/c1-15(2)8-7-9-17-12-13-18(16(3)14-17)22-25-20-11-6-5-10-19(20)21-23(29-22)26-24(30-4)28-27-21/h5-6,8,10-11,14,16,18,22,25H,7,9,12-13H2,1-4H3/t16-,18+,22-/m1/s1. The van der Waals surface area contributed by atoms with Crippen LogP contribution in [-0.4, -0.2) is 27.7 Å². The normalized spacial score (nSPS) is 22.5. The second-order valence-electron chi connectivity index (χ2n) is 8.39. The first-order valence-corrected chi connectivity index (χ1v) is 11.9. The van der Waals surface area contributed by atoms with Crippen LogP contribution in [0.1, 0.15) is 46.5 Å². The van der Waals surface area contributed by atoms with Crippen molar-refractivity contribution in [3.63, 3.8) is 0 Å². The predicted octanol–water partition coefficient (Wildman–Crippen LogP) is 6.11. The molecule has 5 nitrogen and oxygen atoms in total. The largest absolute Gasteiger partial charge is 0.452 e. The summed E-state index contributed by atoms with van der Waals surface area (Å²) in [6.45, 7) is 6.64. The van der Waals surface area contributed by atoms with E-state index >= 15 is 0 Å². The molecular formula is C24H30N4OS. The summed E-state index contributed by atoms with van der Waals surface area (Å²) in [6.07, 6.45) is 11.1. The van der Waals surface area contributed by atoms with Gasteiger partial charge >= 0.3 is 0 Å². The fourth-order valence-electron chi connectivity index (χ4n) is 4.32. The number of ether oxygens (including phenoxy) is 1. The molecule has 1 aromatic carbocycles. The topological polar surface area (TPSA) is 59.9 Å². The van der Waals surface area contributed by atoms with Crippen LogP contribution >= 0.6 is 11.8 Å². The molecule has 1 aliphatic carbocycles. The van der Waals surface area contributed by atoms with Gasteiger partial charge in [0.05, 0.1) is 0 Å². The summed E-state index contributed by atoms with van der Waals surface area (Å²) >= 11 is 1.48. The first-order chi connectivity index (χ1) is 14.5. The van der Waals surface area contributed by atoms with E-state index in [-0.39, 0.29) is 6.23 Å². The van der Waals surface area contributed by atoms with Crippen molar-refractivity contribution in [3.05, 3.63) is 47.6 Å². The molecule has 0 amide bonds. The molecule has 4 rings (SSSR count). The Balaban J connectivity index is 1.59. The van der Waals surface area contributed by atoms with Crippen LogP contribution in [0.25, 0.3) is 11.3 Å². The average Bonchev–Trinajstić information content (AvgIpc) is 2.89. The number of benzene rings is 1. The van der Waals surface area contributed by atoms with E-state index in [0.29, 0.717) is 28.6 Å². The molecule has 1 aromatic heterocycles. The number of nitrogens with zero attached hydrogens (tertiary/aromatic N) is 3. The Kier molecular flexibility index (Phi) is 6.42. The molecule has 0 spiro atoms. The van der Waals surface area contributed by atoms with Crippen LogP contribution in [0.3, 0.4) is 0 Å². The highest BCUT2D eigenvalue weighted by Crippen LogP contribution is 2.41. The van der Waals surface area contributed by atoms with Gasteiger partial charge < -0.3 is 10.1 Å². The fraction of sp³-hybridized carbons (Fsp3) is 0.458. The highest BCUT2D eigenvalue weighted by molar-refractivity contribution is 7.98. The molecule has 6 heteroatoms. The first kappa shape index (κ1) is 20.9. The quantitative estimate of drug-likeness (QED) is 0.463. The number of rotatable bonds is 5. The van der Waals surface area contributed by atoms with Crippen molar-refractivity contribution in [2.75, 3.05) is 11.6 Å². The van der Waals surface area contributed by atoms with Gasteiger partial charge in [0.25, 0.3) is 0 Å². The highest BCUT2D eigenvalue weighted by atomic mass is 32.2. The number of hydrogen-bond acceptors (Lipinski definition) is 6. The van der Waals surface area contributed by atoms with Gasteiger partial charge in [-0.15, -0.1) is 10.2 Å². The molecule has 2 heterocycles. The second kappa shape index (κ2) is 9.21. The number of nitrogens with one attached hydrogen (secondary N) is 1. The number of thioether (sulfide) groups is 1. The molecule has 1 N–H and O–H groups in total. The molecule has 0 saturated carbocycles. The van der Waals surface area contributed by atoms with Crippen LogP contribution < -0.4 is 10.1 Å². The molecular weight excluding hydrogens is 392 g/mol. The van der Waals surface area contributed by atoms with Crippen LogP contribution in [-0.2, 0) is 0 Å². The molecule has 3 atom stereocenters. The number of para-hydroxylation sites is 1. The summed E-state index contributed by atoms with van der Waals surface area (Å²) in [6, 6.07) is 8.18. The van der Waals surface area contributed by atoms with Gasteiger partial charge in [-0.1, -0.05) is 60.2 Å². The van der Waals surface area contributed by atoms with Crippen molar-refractivity contribution in [3.8, 4) is 17.1 Å². The van der Waals surface area contributed by atoms with Crippen LogP contribution in [0, 0.1) is 11.8 Å². The van der Waals surface area contributed by atoms with Crippen molar-refractivity contribution in [2.45, 2.75) is 57.8 Å². The van der Waals surface area contributed by atoms with E-state index in [0.717, 1.165) is 36.9 Å². The van der Waals surface area contributed by atoms with E-state index in [9.17, 15) is 0 Å². The Hall–Kier alpha value is -2.34. The minimum atomic E-state index is -0.149. The second-order valence-corrected chi connectivity index (χ2v) is 9.16. The third-order valence-corrected chi connectivity index (χ3v) is 6.45. The molecule has 0 unspecified atom stereocenters. The van der Waals surface area contributed by atoms with Crippen molar-refractivity contribution >= 4 is 17.4 Å². The van der Waals surface area contributed by atoms with Crippen LogP contribution in [0.4, 0.5) is 5.69 Å². The SMILES string of the molecule is CSc1nnc2c(n1)O[C@H]([C@H]1CCC(CCC=C(C)C)=C[C@H]1C)Nc1ccccc1-2. The van der Waals surface area contributed by atoms with Crippen LogP contribution in [0.15, 0.2) is 52.7 Å². The lowest BCUT2D eigenvalue weighted by Gasteiger charge is -2.34. The lowest BCUT2D eigenvalue weighted by Crippen LogP contribution is -2.39. The Morgan fingerprint density at radius 3 is 2.87 bits per heavy atom. The van der Waals surface area contributed by atoms with E-state index in [2.05, 4.69) is 59.5 Å². The lowest BCUT2D eigenvalue weighted by molar-refractivity contribution is 0.120. The summed E-state index contributed by atoms with van der Waals surface area (Å²) < 4.78 is 6.46. The Morgan fingerprint density at radius 1 is 1.27 bits per heavy atom. The zero-order valence-corrected chi connectivity index (χ0v) is 19.0. The number of aromatic nitrogens is 3. The van der Waals surface area contributed by atoms with Gasteiger partial charge in [-0.2, -0.15) is 4.98 Å². The summed E-state index contributed by atoms with van der Waals surface area (Å²) in [7, 11) is 0. The zero-order valence-electron chi connectivity index (χ0n) is 18.2. The van der Waals surface area contributed by atoms with Crippen molar-refractivity contribution in [1.82, 2.24) is 15.2 Å². The molecule has 158 valence electrons. The number of hydrogen-bond donors (Lipinski definition) is 1. The molecule has 2 aromatic rings. The monoisotopic (exact) mass is 422 g/mol. The molecule has 0 radical (unpaired) electrons. The van der Waals surface area contributed by atoms with E-state index in [1.165, 1.54) is 17.3 Å². The molecule has 1 aliphatic heterocycles. The molecule has 2 aliphatic rings. The highest BCUT2D eigenvalue weighted by Gasteiger charge is 2.34. The van der Waals surface area contributed by atoms with Crippen molar-refractivity contribution in [2.24, 2.45) is 11.8 Å². The fourth-order valence-corrected chi connectivity index (χ4v) is 4.62. The van der Waals surface area contributed by atoms with Gasteiger partial charge in [0, 0.05) is 17.2 Å². The Bertz CT molecular complexity index is 967.